The van der Waals surface area contributed by atoms with Crippen LogP contribution in [-0.4, -0.2) is 4.57 Å². The van der Waals surface area contributed by atoms with E-state index in [1.54, 1.807) is 0 Å². The molecule has 0 saturated carbocycles. The average Bonchev–Trinajstić information content (AvgIpc) is 3.75. The Morgan fingerprint density at radius 1 is 0.456 bits per heavy atom. The first kappa shape index (κ1) is 28.3. The Hall–Kier alpha value is -7.16. The maximum Gasteiger partial charge on any atom is 0.0645 e. The van der Waals surface area contributed by atoms with Gasteiger partial charge in [0.2, 0.25) is 0 Å². The topological polar surface area (TPSA) is 8.17 Å². The number of hydrogen-bond acceptors (Lipinski definition) is 1. The van der Waals surface area contributed by atoms with E-state index in [9.17, 15) is 2.74 Å². The third-order valence-electron chi connectivity index (χ3n) is 11.9. The zero-order valence-electron chi connectivity index (χ0n) is 36.6. The molecule has 0 atom stereocenters. The predicted molar refractivity (Wildman–Crippen MR) is 241 cm³/mol. The van der Waals surface area contributed by atoms with Gasteiger partial charge in [0.15, 0.2) is 0 Å². The first-order chi connectivity index (χ1) is 30.1. The maximum absolute atomic E-state index is 9.38. The number of fused-ring (bicyclic) bond motifs is 8. The lowest BCUT2D eigenvalue weighted by molar-refractivity contribution is 0.661. The first-order valence-corrected chi connectivity index (χ1v) is 19.4. The zero-order chi connectivity index (χ0) is 42.4. The summed E-state index contributed by atoms with van der Waals surface area (Å²) in [7, 11) is 0. The average molecular weight is 734 g/mol. The Morgan fingerprint density at radius 2 is 1.07 bits per heavy atom. The zero-order valence-corrected chi connectivity index (χ0v) is 31.6. The van der Waals surface area contributed by atoms with Crippen molar-refractivity contribution in [3.8, 4) is 39.1 Å². The van der Waals surface area contributed by atoms with E-state index in [0.29, 0.717) is 0 Å². The van der Waals surface area contributed by atoms with Crippen LogP contribution in [-0.2, 0) is 5.41 Å². The van der Waals surface area contributed by atoms with Crippen LogP contribution in [0.4, 0.5) is 17.1 Å². The normalized spacial score (nSPS) is 14.1. The largest absolute Gasteiger partial charge is 0.309 e. The van der Waals surface area contributed by atoms with Crippen LogP contribution in [0.15, 0.2) is 206 Å². The van der Waals surface area contributed by atoms with Gasteiger partial charge < -0.3 is 9.47 Å². The number of benzene rings is 9. The van der Waals surface area contributed by atoms with Crippen LogP contribution in [0.2, 0.25) is 0 Å². The molecule has 0 radical (unpaired) electrons. The van der Waals surface area contributed by atoms with Gasteiger partial charge in [-0.3, -0.25) is 0 Å². The van der Waals surface area contributed by atoms with Gasteiger partial charge in [-0.1, -0.05) is 172 Å². The molecule has 1 aliphatic rings. The van der Waals surface area contributed by atoms with E-state index >= 15 is 0 Å². The molecule has 270 valence electrons. The van der Waals surface area contributed by atoms with Crippen LogP contribution in [0, 0.1) is 0 Å². The minimum atomic E-state index is -0.421. The number of aromatic nitrogens is 1. The maximum atomic E-state index is 9.38. The smallest absolute Gasteiger partial charge is 0.0645 e. The van der Waals surface area contributed by atoms with Crippen molar-refractivity contribution in [1.29, 1.82) is 0 Å². The quantitative estimate of drug-likeness (QED) is 0.165. The van der Waals surface area contributed by atoms with E-state index < -0.39 is 6.04 Å². The van der Waals surface area contributed by atoms with Crippen LogP contribution < -0.4 is 4.90 Å². The fourth-order valence-electron chi connectivity index (χ4n) is 9.21. The molecular weight excluding hydrogens is 689 g/mol. The van der Waals surface area contributed by atoms with E-state index in [2.05, 4.69) is 183 Å². The molecule has 1 aromatic heterocycles. The number of nitrogens with zero attached hydrogens (tertiary/aromatic N) is 2. The van der Waals surface area contributed by atoms with Crippen LogP contribution in [0.3, 0.4) is 0 Å². The Kier molecular flexibility index (Phi) is 6.43. The lowest BCUT2D eigenvalue weighted by Gasteiger charge is -2.29. The van der Waals surface area contributed by atoms with E-state index in [0.717, 1.165) is 83.0 Å². The number of rotatable bonds is 6. The second-order valence-corrected chi connectivity index (χ2v) is 15.4. The van der Waals surface area contributed by atoms with E-state index in [1.807, 2.05) is 16.7 Å². The molecule has 10 aromatic rings. The van der Waals surface area contributed by atoms with Gasteiger partial charge in [0.1, 0.15) is 0 Å². The summed E-state index contributed by atoms with van der Waals surface area (Å²) in [6, 6.07) is 59.8. The second kappa shape index (κ2) is 13.0. The third-order valence-corrected chi connectivity index (χ3v) is 11.9. The number of para-hydroxylation sites is 2. The number of anilines is 3. The third kappa shape index (κ3) is 5.18. The highest BCUT2D eigenvalue weighted by Gasteiger charge is 2.36. The van der Waals surface area contributed by atoms with Gasteiger partial charge in [-0.2, -0.15) is 0 Å². The van der Waals surface area contributed by atoms with Gasteiger partial charge in [-0.15, -0.1) is 0 Å². The van der Waals surface area contributed by atoms with Crippen molar-refractivity contribution in [2.24, 2.45) is 0 Å². The molecule has 0 fully saturated rings. The molecule has 11 rings (SSSR count). The highest BCUT2D eigenvalue weighted by Crippen LogP contribution is 2.53. The first-order valence-electron chi connectivity index (χ1n) is 21.9. The molecule has 0 aliphatic heterocycles. The molecule has 0 saturated heterocycles. The van der Waals surface area contributed by atoms with Gasteiger partial charge in [-0.25, -0.2) is 0 Å². The van der Waals surface area contributed by atoms with Gasteiger partial charge in [0, 0.05) is 38.5 Å². The van der Waals surface area contributed by atoms with E-state index in [-0.39, 0.29) is 35.3 Å². The van der Waals surface area contributed by atoms with Crippen LogP contribution >= 0.6 is 0 Å². The Labute approximate surface area is 340 Å². The summed E-state index contributed by atoms with van der Waals surface area (Å²) in [5.41, 5.74) is 13.2. The minimum absolute atomic E-state index is 0.119. The fourth-order valence-corrected chi connectivity index (χ4v) is 9.21. The Balaban J connectivity index is 1.29. The second-order valence-electron chi connectivity index (χ2n) is 15.4. The fraction of sp³-hybridized carbons (Fsp3) is 0.0545. The molecule has 0 N–H and O–H groups in total. The van der Waals surface area contributed by atoms with Crippen molar-refractivity contribution in [2.45, 2.75) is 19.3 Å². The highest BCUT2D eigenvalue weighted by atomic mass is 15.1. The molecular formula is C55H40N2. The summed E-state index contributed by atoms with van der Waals surface area (Å²) in [6.45, 7) is 4.47. The summed E-state index contributed by atoms with van der Waals surface area (Å²) in [5, 5.41) is 3.90. The van der Waals surface area contributed by atoms with Crippen LogP contribution in [0.5, 0.6) is 0 Å². The standard InChI is InChI=1S/C55H40N2/c1-55(2)48-28-16-14-25-43(48)46-34-47-51(35-49(46)55)57(40-22-10-5-11-23-40)53-36-52(44-26-12-13-27-45(44)54(47)53)56(41-32-30-38(31-33-41)37-18-6-3-7-19-37)50-29-17-15-24-42(50)39-20-8-4-9-21-39/h3-36H,1-2H3/i5D,10D,11D,22D,23D. The molecule has 57 heavy (non-hydrogen) atoms. The lowest BCUT2D eigenvalue weighted by atomic mass is 9.82. The molecule has 0 spiro atoms. The van der Waals surface area contributed by atoms with Crippen LogP contribution in [0.25, 0.3) is 71.6 Å². The van der Waals surface area contributed by atoms with Crippen molar-refractivity contribution in [3.05, 3.63) is 217 Å². The summed E-state index contributed by atoms with van der Waals surface area (Å²) in [5.74, 6) is 0. The molecule has 1 heterocycles. The monoisotopic (exact) mass is 733 g/mol. The molecule has 1 aliphatic carbocycles. The van der Waals surface area contributed by atoms with Crippen molar-refractivity contribution < 1.29 is 6.85 Å². The number of hydrogen-bond donors (Lipinski definition) is 0. The molecule has 2 nitrogen and oxygen atoms in total. The van der Waals surface area contributed by atoms with Crippen molar-refractivity contribution >= 4 is 49.6 Å². The van der Waals surface area contributed by atoms with Crippen LogP contribution in [0.1, 0.15) is 31.8 Å². The summed E-state index contributed by atoms with van der Waals surface area (Å²) >= 11 is 0. The predicted octanol–water partition coefficient (Wildman–Crippen LogP) is 15.0. The molecule has 0 amide bonds. The summed E-state index contributed by atoms with van der Waals surface area (Å²) in [4.78, 5) is 2.31. The van der Waals surface area contributed by atoms with E-state index in [1.165, 1.54) is 11.1 Å². The minimum Gasteiger partial charge on any atom is -0.309 e. The Morgan fingerprint density at radius 3 is 1.82 bits per heavy atom. The van der Waals surface area contributed by atoms with Gasteiger partial charge in [0.05, 0.1) is 29.3 Å². The SMILES string of the molecule is [2H]c1c([2H])c([2H])c(-n2c3cc4c(cc3c3c5ccccc5c(N(c5ccc(-c6ccccc6)cc5)c5ccccc5-c5ccccc5)cc32)-c2ccccc2C4(C)C)c([2H])c1[2H]. The summed E-state index contributed by atoms with van der Waals surface area (Å²) < 4.78 is 46.9. The van der Waals surface area contributed by atoms with Gasteiger partial charge in [0.25, 0.3) is 0 Å². The van der Waals surface area contributed by atoms with E-state index in [4.69, 9.17) is 4.11 Å². The molecule has 9 aromatic carbocycles. The van der Waals surface area contributed by atoms with Crippen molar-refractivity contribution in [1.82, 2.24) is 4.57 Å². The molecule has 0 unspecified atom stereocenters. The highest BCUT2D eigenvalue weighted by molar-refractivity contribution is 6.25. The lowest BCUT2D eigenvalue weighted by Crippen LogP contribution is -2.15. The van der Waals surface area contributed by atoms with Gasteiger partial charge >= 0.3 is 0 Å². The van der Waals surface area contributed by atoms with Crippen molar-refractivity contribution in [2.75, 3.05) is 4.90 Å². The molecule has 0 bridgehead atoms. The summed E-state index contributed by atoms with van der Waals surface area (Å²) in [6.07, 6.45) is 0. The van der Waals surface area contributed by atoms with Crippen molar-refractivity contribution in [3.63, 3.8) is 0 Å². The Bertz CT molecular complexity index is 3400. The molecule has 2 heteroatoms. The van der Waals surface area contributed by atoms with Gasteiger partial charge in [-0.05, 0) is 92.8 Å².